The summed E-state index contributed by atoms with van der Waals surface area (Å²) in [4.78, 5) is 50.3. The molecule has 2 aromatic rings. The van der Waals surface area contributed by atoms with Gasteiger partial charge in [-0.2, -0.15) is 0 Å². The van der Waals surface area contributed by atoms with Gasteiger partial charge >= 0.3 is 11.7 Å². The molecule has 1 saturated heterocycles. The lowest BCUT2D eigenvalue weighted by atomic mass is 10.0. The van der Waals surface area contributed by atoms with Crippen LogP contribution >= 0.6 is 0 Å². The van der Waals surface area contributed by atoms with Crippen LogP contribution in [0.2, 0.25) is 0 Å². The molecular weight excluding hydrogens is 388 g/mol. The number of aromatic nitrogens is 2. The highest BCUT2D eigenvalue weighted by atomic mass is 16.6. The summed E-state index contributed by atoms with van der Waals surface area (Å²) in [5, 5.41) is 0. The smallest absolute Gasteiger partial charge is 0.330 e. The number of rotatable bonds is 8. The Morgan fingerprint density at radius 2 is 1.97 bits per heavy atom. The summed E-state index contributed by atoms with van der Waals surface area (Å²) in [6, 6.07) is 9.46. The summed E-state index contributed by atoms with van der Waals surface area (Å²) in [7, 11) is 0. The zero-order chi connectivity index (χ0) is 21.7. The van der Waals surface area contributed by atoms with E-state index in [-0.39, 0.29) is 18.6 Å². The summed E-state index contributed by atoms with van der Waals surface area (Å²) in [6.45, 7) is 3.13. The molecule has 0 radical (unpaired) electrons. The minimum absolute atomic E-state index is 0.0595. The van der Waals surface area contributed by atoms with Crippen LogP contribution in [-0.2, 0) is 31.9 Å². The zero-order valence-electron chi connectivity index (χ0n) is 17.1. The quantitative estimate of drug-likeness (QED) is 0.661. The molecule has 0 spiro atoms. The molecule has 0 bridgehead atoms. The summed E-state index contributed by atoms with van der Waals surface area (Å²) < 4.78 is 12.7. The second kappa shape index (κ2) is 9.67. The average molecular weight is 414 g/mol. The molecule has 8 nitrogen and oxygen atoms in total. The van der Waals surface area contributed by atoms with Crippen LogP contribution in [0.3, 0.4) is 0 Å². The lowest BCUT2D eigenvalue weighted by Crippen LogP contribution is -2.34. The van der Waals surface area contributed by atoms with E-state index in [1.807, 2.05) is 37.3 Å². The molecule has 8 heteroatoms. The maximum absolute atomic E-state index is 12.4. The Labute approximate surface area is 173 Å². The standard InChI is InChI=1S/C22H26N2O6/c1-3-16-13-24(22(28)23-21(16)27)20-12-19(29-14(2)25)18(30-20)10-9-17(26)11-15-7-5-4-6-8-15/h4-8,13,18-20H,3,9-12H2,1-2H3,(H,23,27,28)/t18-,19+,20-/m1/s1. The van der Waals surface area contributed by atoms with Gasteiger partial charge in [-0.25, -0.2) is 4.79 Å². The Morgan fingerprint density at radius 3 is 2.63 bits per heavy atom. The SMILES string of the molecule is CCc1cn([C@H]2C[C@H](OC(C)=O)[C@@H](CCC(=O)Cc3ccccc3)O2)c(=O)[nH]c1=O. The minimum atomic E-state index is -0.682. The number of H-pyrrole nitrogens is 1. The second-order valence-corrected chi connectivity index (χ2v) is 7.43. The number of hydrogen-bond acceptors (Lipinski definition) is 6. The van der Waals surface area contributed by atoms with Gasteiger partial charge in [-0.15, -0.1) is 0 Å². The van der Waals surface area contributed by atoms with E-state index >= 15 is 0 Å². The van der Waals surface area contributed by atoms with E-state index < -0.39 is 35.7 Å². The van der Waals surface area contributed by atoms with Crippen molar-refractivity contribution >= 4 is 11.8 Å². The van der Waals surface area contributed by atoms with Crippen LogP contribution in [-0.4, -0.2) is 33.5 Å². The third-order valence-corrected chi connectivity index (χ3v) is 5.18. The zero-order valence-corrected chi connectivity index (χ0v) is 17.1. The first-order valence-electron chi connectivity index (χ1n) is 10.1. The molecule has 1 aromatic carbocycles. The van der Waals surface area contributed by atoms with Crippen LogP contribution in [0.1, 0.15) is 50.5 Å². The van der Waals surface area contributed by atoms with Crippen LogP contribution < -0.4 is 11.2 Å². The molecule has 1 N–H and O–H groups in total. The number of benzene rings is 1. The van der Waals surface area contributed by atoms with E-state index in [0.717, 1.165) is 5.56 Å². The van der Waals surface area contributed by atoms with Crippen molar-refractivity contribution in [1.29, 1.82) is 0 Å². The number of aromatic amines is 1. The minimum Gasteiger partial charge on any atom is -0.460 e. The number of Topliss-reactive ketones (excluding diaryl/α,β-unsaturated/α-hetero) is 1. The topological polar surface area (TPSA) is 107 Å². The van der Waals surface area contributed by atoms with Crippen LogP contribution in [0.25, 0.3) is 0 Å². The van der Waals surface area contributed by atoms with Gasteiger partial charge in [-0.3, -0.25) is 23.9 Å². The van der Waals surface area contributed by atoms with Gasteiger partial charge < -0.3 is 9.47 Å². The first-order chi connectivity index (χ1) is 14.4. The molecule has 0 saturated carbocycles. The Hall–Kier alpha value is -3.00. The van der Waals surface area contributed by atoms with Crippen LogP contribution in [0.15, 0.2) is 46.1 Å². The van der Waals surface area contributed by atoms with Crippen molar-refractivity contribution in [1.82, 2.24) is 9.55 Å². The van der Waals surface area contributed by atoms with Gasteiger partial charge in [0.1, 0.15) is 18.1 Å². The van der Waals surface area contributed by atoms with Crippen molar-refractivity contribution in [2.45, 2.75) is 64.4 Å². The van der Waals surface area contributed by atoms with Crippen molar-refractivity contribution in [2.24, 2.45) is 0 Å². The number of aryl methyl sites for hydroxylation is 1. The molecule has 1 aliphatic heterocycles. The van der Waals surface area contributed by atoms with Gasteiger partial charge in [0.05, 0.1) is 6.10 Å². The van der Waals surface area contributed by atoms with Gasteiger partial charge in [0.2, 0.25) is 0 Å². The van der Waals surface area contributed by atoms with Crippen molar-refractivity contribution in [3.05, 3.63) is 68.5 Å². The fourth-order valence-electron chi connectivity index (χ4n) is 3.67. The fraction of sp³-hybridized carbons (Fsp3) is 0.455. The number of esters is 1. The lowest BCUT2D eigenvalue weighted by Gasteiger charge is -2.18. The maximum Gasteiger partial charge on any atom is 0.330 e. The molecule has 3 rings (SSSR count). The largest absolute Gasteiger partial charge is 0.460 e. The highest BCUT2D eigenvalue weighted by Gasteiger charge is 2.39. The van der Waals surface area contributed by atoms with Crippen LogP contribution in [0.5, 0.6) is 0 Å². The maximum atomic E-state index is 12.4. The number of carbonyl (C=O) groups is 2. The van der Waals surface area contributed by atoms with Crippen molar-refractivity contribution in [2.75, 3.05) is 0 Å². The van der Waals surface area contributed by atoms with Gasteiger partial charge in [0.25, 0.3) is 5.56 Å². The average Bonchev–Trinajstić information content (AvgIpc) is 3.09. The van der Waals surface area contributed by atoms with E-state index in [9.17, 15) is 19.2 Å². The number of carbonyl (C=O) groups excluding carboxylic acids is 2. The first kappa shape index (κ1) is 21.7. The number of nitrogens with one attached hydrogen (secondary N) is 1. The van der Waals surface area contributed by atoms with E-state index in [0.29, 0.717) is 24.8 Å². The number of ketones is 1. The summed E-state index contributed by atoms with van der Waals surface area (Å²) in [5.74, 6) is -0.391. The van der Waals surface area contributed by atoms with Crippen LogP contribution in [0, 0.1) is 0 Å². The van der Waals surface area contributed by atoms with Crippen molar-refractivity contribution in [3.63, 3.8) is 0 Å². The van der Waals surface area contributed by atoms with Crippen molar-refractivity contribution < 1.29 is 19.1 Å². The Morgan fingerprint density at radius 1 is 1.23 bits per heavy atom. The summed E-state index contributed by atoms with van der Waals surface area (Å²) >= 11 is 0. The Balaban J connectivity index is 1.70. The van der Waals surface area contributed by atoms with Gasteiger partial charge in [-0.1, -0.05) is 37.3 Å². The molecule has 1 aromatic heterocycles. The summed E-state index contributed by atoms with van der Waals surface area (Å²) in [5.41, 5.74) is 0.404. The summed E-state index contributed by atoms with van der Waals surface area (Å²) in [6.07, 6.45) is 1.43. The molecule has 160 valence electrons. The van der Waals surface area contributed by atoms with Gasteiger partial charge in [-0.05, 0) is 18.4 Å². The number of ether oxygens (including phenoxy) is 2. The third-order valence-electron chi connectivity index (χ3n) is 5.18. The predicted molar refractivity (Wildman–Crippen MR) is 109 cm³/mol. The number of hydrogen-bond donors (Lipinski definition) is 1. The fourth-order valence-corrected chi connectivity index (χ4v) is 3.67. The monoisotopic (exact) mass is 414 g/mol. The second-order valence-electron chi connectivity index (χ2n) is 7.43. The van der Waals surface area contributed by atoms with Crippen LogP contribution in [0.4, 0.5) is 0 Å². The Kier molecular flexibility index (Phi) is 6.99. The van der Waals surface area contributed by atoms with Gasteiger partial charge in [0.15, 0.2) is 0 Å². The van der Waals surface area contributed by atoms with E-state index in [1.54, 1.807) is 0 Å². The predicted octanol–water partition coefficient (Wildman–Crippen LogP) is 1.91. The van der Waals surface area contributed by atoms with E-state index in [2.05, 4.69) is 4.98 Å². The third kappa shape index (κ3) is 5.33. The highest BCUT2D eigenvalue weighted by molar-refractivity contribution is 5.80. The van der Waals surface area contributed by atoms with Gasteiger partial charge in [0, 0.05) is 37.9 Å². The van der Waals surface area contributed by atoms with Crippen molar-refractivity contribution in [3.8, 4) is 0 Å². The molecule has 30 heavy (non-hydrogen) atoms. The molecule has 0 aliphatic carbocycles. The first-order valence-corrected chi connectivity index (χ1v) is 10.1. The molecule has 0 unspecified atom stereocenters. The highest BCUT2D eigenvalue weighted by Crippen LogP contribution is 2.32. The molecule has 3 atom stereocenters. The number of nitrogens with zero attached hydrogens (tertiary/aromatic N) is 1. The van der Waals surface area contributed by atoms with E-state index in [4.69, 9.17) is 9.47 Å². The normalized spacial score (nSPS) is 20.8. The molecule has 2 heterocycles. The van der Waals surface area contributed by atoms with E-state index in [1.165, 1.54) is 17.7 Å². The molecule has 0 amide bonds. The molecular formula is C22H26N2O6. The lowest BCUT2D eigenvalue weighted by molar-refractivity contribution is -0.149. The Bertz CT molecular complexity index is 1010. The molecule has 1 aliphatic rings. The molecule has 1 fully saturated rings.